The van der Waals surface area contributed by atoms with E-state index in [1.807, 2.05) is 11.0 Å². The highest BCUT2D eigenvalue weighted by molar-refractivity contribution is 7.16. The van der Waals surface area contributed by atoms with E-state index < -0.39 is 5.41 Å². The lowest BCUT2D eigenvalue weighted by Crippen LogP contribution is -2.59. The summed E-state index contributed by atoms with van der Waals surface area (Å²) >= 11 is 1.49. The number of hydrogen-bond acceptors (Lipinski definition) is 12. The van der Waals surface area contributed by atoms with Crippen LogP contribution < -0.4 is 15.5 Å². The zero-order valence-electron chi connectivity index (χ0n) is 26.3. The minimum Gasteiger partial charge on any atom is -0.389 e. The van der Waals surface area contributed by atoms with E-state index in [1.165, 1.54) is 17.4 Å². The van der Waals surface area contributed by atoms with Gasteiger partial charge in [-0.05, 0) is 65.6 Å². The third-order valence-corrected chi connectivity index (χ3v) is 11.3. The van der Waals surface area contributed by atoms with Crippen LogP contribution >= 0.6 is 11.3 Å². The molecule has 0 radical (unpaired) electrons. The third kappa shape index (κ3) is 5.04. The fraction of sp³-hybridized carbons (Fsp3) is 0.562. The molecule has 13 heteroatoms. The quantitative estimate of drug-likeness (QED) is 0.415. The number of fused-ring (bicyclic) bond motifs is 1. The maximum atomic E-state index is 12.2. The lowest BCUT2D eigenvalue weighted by molar-refractivity contribution is -0.136. The monoisotopic (exact) mass is 628 g/mol. The summed E-state index contributed by atoms with van der Waals surface area (Å²) in [6.07, 6.45) is 6.02. The van der Waals surface area contributed by atoms with Gasteiger partial charge in [-0.1, -0.05) is 11.7 Å². The Morgan fingerprint density at radius 3 is 2.80 bits per heavy atom. The summed E-state index contributed by atoms with van der Waals surface area (Å²) in [5, 5.41) is 14.9. The van der Waals surface area contributed by atoms with Crippen molar-refractivity contribution in [2.45, 2.75) is 57.4 Å². The molecule has 1 spiro atoms. The number of aromatic nitrogens is 4. The van der Waals surface area contributed by atoms with Crippen LogP contribution in [0.3, 0.4) is 0 Å². The van der Waals surface area contributed by atoms with E-state index in [0.29, 0.717) is 33.9 Å². The van der Waals surface area contributed by atoms with Crippen molar-refractivity contribution >= 4 is 34.0 Å². The molecule has 45 heavy (non-hydrogen) atoms. The number of nitrogens with zero attached hydrogens (tertiary/aromatic N) is 9. The number of thiophene rings is 1. The maximum absolute atomic E-state index is 12.2. The fourth-order valence-electron chi connectivity index (χ4n) is 7.79. The molecule has 3 saturated heterocycles. The SMILES string of the molecule is C=CC(=O)N1CC2(CCN(c3cc(-c4noc([C@@]5(C)CCCc6sc(N)c(C#N)c65)n4)nc(N4CCCN(C)C[C@@H]4C)n3)C2)C1. The number of aryl methyl sites for hydroxylation is 1. The van der Waals surface area contributed by atoms with E-state index in [9.17, 15) is 10.1 Å². The first-order valence-electron chi connectivity index (χ1n) is 15.8. The number of carbonyl (C=O) groups excluding carboxylic acids is 1. The normalized spacial score (nSPS) is 24.7. The number of nitrogens with two attached hydrogens (primary N) is 1. The standard InChI is InChI=1S/C32H40N10O2S/c1-5-25(43)41-18-32(19-41)10-13-40(17-32)24-14-22(35-30(36-24)42-12-7-11-39(4)16-20(42)2)28-37-29(44-38-28)31(3)9-6-8-23-26(31)21(15-33)27(34)45-23/h5,14,20H,1,6-13,16-19,34H2,2-4H3/t20-,31-/m0/s1. The molecule has 1 amide bonds. The van der Waals surface area contributed by atoms with Gasteiger partial charge in [0.05, 0.1) is 11.0 Å². The molecule has 0 unspecified atom stereocenters. The van der Waals surface area contributed by atoms with E-state index >= 15 is 0 Å². The van der Waals surface area contributed by atoms with Gasteiger partial charge < -0.3 is 29.9 Å². The lowest BCUT2D eigenvalue weighted by Gasteiger charge is -2.47. The largest absolute Gasteiger partial charge is 0.389 e. The van der Waals surface area contributed by atoms with E-state index in [2.05, 4.69) is 53.4 Å². The molecule has 1 aliphatic carbocycles. The van der Waals surface area contributed by atoms with Crippen molar-refractivity contribution < 1.29 is 9.32 Å². The van der Waals surface area contributed by atoms with Gasteiger partial charge >= 0.3 is 0 Å². The number of hydrogen-bond donors (Lipinski definition) is 1. The maximum Gasteiger partial charge on any atom is 0.245 e. The molecule has 236 valence electrons. The first kappa shape index (κ1) is 29.7. The van der Waals surface area contributed by atoms with Gasteiger partial charge in [0.15, 0.2) is 0 Å². The molecular weight excluding hydrogens is 588 g/mol. The summed E-state index contributed by atoms with van der Waals surface area (Å²) in [5.41, 5.74) is 7.77. The second-order valence-electron chi connectivity index (χ2n) is 13.5. The highest BCUT2D eigenvalue weighted by atomic mass is 32.1. The highest BCUT2D eigenvalue weighted by Crippen LogP contribution is 2.49. The van der Waals surface area contributed by atoms with Crippen LogP contribution in [0.1, 0.15) is 61.4 Å². The lowest BCUT2D eigenvalue weighted by atomic mass is 9.72. The number of rotatable bonds is 5. The van der Waals surface area contributed by atoms with Gasteiger partial charge in [0.2, 0.25) is 23.6 Å². The predicted octanol–water partition coefficient (Wildman–Crippen LogP) is 3.44. The number of nitrogen functional groups attached to an aromatic ring is 1. The Kier molecular flexibility index (Phi) is 7.32. The summed E-state index contributed by atoms with van der Waals surface area (Å²) in [4.78, 5) is 37.2. The van der Waals surface area contributed by atoms with Crippen LogP contribution in [0.5, 0.6) is 0 Å². The summed E-state index contributed by atoms with van der Waals surface area (Å²) in [6.45, 7) is 13.9. The molecule has 4 aliphatic rings. The van der Waals surface area contributed by atoms with Crippen LogP contribution in [0.4, 0.5) is 16.8 Å². The molecule has 0 bridgehead atoms. The Hall–Kier alpha value is -4.02. The Labute approximate surface area is 267 Å². The number of amides is 1. The average Bonchev–Trinajstić information content (AvgIpc) is 3.73. The number of carbonyl (C=O) groups is 1. The molecule has 2 atom stereocenters. The molecule has 3 fully saturated rings. The molecule has 12 nitrogen and oxygen atoms in total. The fourth-order valence-corrected chi connectivity index (χ4v) is 8.99. The van der Waals surface area contributed by atoms with Gasteiger partial charge in [0.1, 0.15) is 22.6 Å². The zero-order valence-corrected chi connectivity index (χ0v) is 27.1. The van der Waals surface area contributed by atoms with Crippen LogP contribution in [0, 0.1) is 16.7 Å². The van der Waals surface area contributed by atoms with Crippen molar-refractivity contribution in [1.29, 1.82) is 5.26 Å². The summed E-state index contributed by atoms with van der Waals surface area (Å²) in [7, 11) is 2.16. The molecule has 3 aromatic heterocycles. The van der Waals surface area contributed by atoms with Gasteiger partial charge in [0.25, 0.3) is 0 Å². The van der Waals surface area contributed by atoms with Crippen molar-refractivity contribution in [3.05, 3.63) is 40.6 Å². The van der Waals surface area contributed by atoms with E-state index in [4.69, 9.17) is 25.2 Å². The van der Waals surface area contributed by atoms with Crippen molar-refractivity contribution in [2.24, 2.45) is 5.41 Å². The molecule has 6 heterocycles. The smallest absolute Gasteiger partial charge is 0.245 e. The molecule has 3 aromatic rings. The zero-order chi connectivity index (χ0) is 31.5. The van der Waals surface area contributed by atoms with Crippen molar-refractivity contribution in [2.75, 3.05) is 68.4 Å². The molecule has 0 aromatic carbocycles. The minimum absolute atomic E-state index is 0.00970. The van der Waals surface area contributed by atoms with E-state index in [-0.39, 0.29) is 17.4 Å². The van der Waals surface area contributed by atoms with Crippen LogP contribution in [0.25, 0.3) is 11.5 Å². The number of likely N-dealkylation sites (tertiary alicyclic amines) is 1. The van der Waals surface area contributed by atoms with Crippen molar-refractivity contribution in [1.82, 2.24) is 29.9 Å². The van der Waals surface area contributed by atoms with Crippen molar-refractivity contribution in [3.8, 4) is 17.6 Å². The van der Waals surface area contributed by atoms with Gasteiger partial charge in [0, 0.05) is 67.2 Å². The summed E-state index contributed by atoms with van der Waals surface area (Å²) in [6, 6.07) is 4.52. The molecule has 0 saturated carbocycles. The topological polar surface area (TPSA) is 145 Å². The molecule has 3 aliphatic heterocycles. The number of anilines is 3. The average molecular weight is 629 g/mol. The van der Waals surface area contributed by atoms with Crippen LogP contribution in [-0.4, -0.2) is 94.7 Å². The molecule has 7 rings (SSSR count). The Balaban J connectivity index is 1.25. The van der Waals surface area contributed by atoms with Crippen LogP contribution in [0.15, 0.2) is 23.2 Å². The van der Waals surface area contributed by atoms with Gasteiger partial charge in [-0.2, -0.15) is 15.2 Å². The second-order valence-corrected chi connectivity index (χ2v) is 14.6. The van der Waals surface area contributed by atoms with Gasteiger partial charge in [-0.3, -0.25) is 4.79 Å². The van der Waals surface area contributed by atoms with Gasteiger partial charge in [-0.15, -0.1) is 11.3 Å². The highest BCUT2D eigenvalue weighted by Gasteiger charge is 2.49. The predicted molar refractivity (Wildman–Crippen MR) is 173 cm³/mol. The summed E-state index contributed by atoms with van der Waals surface area (Å²) < 4.78 is 5.99. The van der Waals surface area contributed by atoms with E-state index in [1.54, 1.807) is 0 Å². The Morgan fingerprint density at radius 1 is 1.20 bits per heavy atom. The molecular formula is C32H40N10O2S. The van der Waals surface area contributed by atoms with E-state index in [0.717, 1.165) is 94.2 Å². The first-order chi connectivity index (χ1) is 21.6. The van der Waals surface area contributed by atoms with Crippen LogP contribution in [0.2, 0.25) is 0 Å². The third-order valence-electron chi connectivity index (χ3n) is 10.2. The molecule has 2 N–H and O–H groups in total. The van der Waals surface area contributed by atoms with Crippen LogP contribution in [-0.2, 0) is 16.6 Å². The first-order valence-corrected chi connectivity index (χ1v) is 16.6. The van der Waals surface area contributed by atoms with Crippen molar-refractivity contribution in [3.63, 3.8) is 0 Å². The number of nitriles is 1. The minimum atomic E-state index is -0.610. The number of likely N-dealkylation sites (N-methyl/N-ethyl adjacent to an activating group) is 1. The van der Waals surface area contributed by atoms with Gasteiger partial charge in [-0.25, -0.2) is 4.98 Å². The second kappa shape index (κ2) is 11.1. The Morgan fingerprint density at radius 2 is 2.02 bits per heavy atom. The Bertz CT molecular complexity index is 1690. The summed E-state index contributed by atoms with van der Waals surface area (Å²) in [5.74, 6) is 2.37.